The molecule has 0 bridgehead atoms. The third-order valence-electron chi connectivity index (χ3n) is 3.65. The van der Waals surface area contributed by atoms with Crippen molar-refractivity contribution in [2.24, 2.45) is 5.92 Å². The highest BCUT2D eigenvalue weighted by Crippen LogP contribution is 2.26. The number of carbonyl (C=O) groups excluding carboxylic acids is 2. The minimum absolute atomic E-state index is 0.0744. The summed E-state index contributed by atoms with van der Waals surface area (Å²) in [5, 5.41) is 8.87. The molecule has 5 nitrogen and oxygen atoms in total. The maximum Gasteiger partial charge on any atom is 0.246 e. The van der Waals surface area contributed by atoms with Crippen LogP contribution in [0.2, 0.25) is 0 Å². The lowest BCUT2D eigenvalue weighted by molar-refractivity contribution is -0.137. The zero-order valence-corrected chi connectivity index (χ0v) is 9.56. The van der Waals surface area contributed by atoms with Crippen molar-refractivity contribution >= 4 is 11.8 Å². The van der Waals surface area contributed by atoms with Gasteiger partial charge < -0.3 is 5.11 Å². The Bertz CT molecular complexity index is 306. The number of carbonyl (C=O) groups is 2. The molecule has 2 fully saturated rings. The first-order chi connectivity index (χ1) is 7.63. The summed E-state index contributed by atoms with van der Waals surface area (Å²) < 4.78 is 0. The minimum atomic E-state index is -0.249. The fraction of sp³-hybridized carbons (Fsp3) is 0.818. The molecule has 16 heavy (non-hydrogen) atoms. The van der Waals surface area contributed by atoms with Crippen LogP contribution in [0.3, 0.4) is 0 Å². The van der Waals surface area contributed by atoms with Crippen LogP contribution in [0, 0.1) is 5.92 Å². The Kier molecular flexibility index (Phi) is 3.25. The molecular formula is C11H18N2O3. The van der Waals surface area contributed by atoms with Gasteiger partial charge in [-0.05, 0) is 25.3 Å². The summed E-state index contributed by atoms with van der Waals surface area (Å²) in [6, 6.07) is -0.249. The average Bonchev–Trinajstić information content (AvgIpc) is 2.80. The van der Waals surface area contributed by atoms with E-state index in [1.165, 1.54) is 4.90 Å². The maximum atomic E-state index is 11.8. The number of nitrogens with zero attached hydrogens (tertiary/aromatic N) is 2. The van der Waals surface area contributed by atoms with Gasteiger partial charge in [0, 0.05) is 20.2 Å². The summed E-state index contributed by atoms with van der Waals surface area (Å²) in [6.45, 7) is 1.90. The largest absolute Gasteiger partial charge is 0.396 e. The number of imide groups is 1. The average molecular weight is 226 g/mol. The zero-order chi connectivity index (χ0) is 11.7. The third kappa shape index (κ3) is 1.97. The van der Waals surface area contributed by atoms with E-state index in [0.29, 0.717) is 12.3 Å². The van der Waals surface area contributed by atoms with E-state index in [0.717, 1.165) is 25.9 Å². The van der Waals surface area contributed by atoms with E-state index in [2.05, 4.69) is 4.90 Å². The second-order valence-electron chi connectivity index (χ2n) is 4.67. The lowest BCUT2D eigenvalue weighted by Gasteiger charge is -2.21. The van der Waals surface area contributed by atoms with Gasteiger partial charge in [-0.15, -0.1) is 0 Å². The SMILES string of the molecule is CN1C(=O)CC(N2CCC(CCO)C2)C1=O. The zero-order valence-electron chi connectivity index (χ0n) is 9.56. The molecule has 2 aliphatic rings. The van der Waals surface area contributed by atoms with Gasteiger partial charge in [0.2, 0.25) is 11.8 Å². The Morgan fingerprint density at radius 1 is 1.44 bits per heavy atom. The van der Waals surface area contributed by atoms with E-state index in [1.807, 2.05) is 0 Å². The molecule has 2 aliphatic heterocycles. The van der Waals surface area contributed by atoms with Crippen molar-refractivity contribution in [3.63, 3.8) is 0 Å². The van der Waals surface area contributed by atoms with Crippen LogP contribution in [0.15, 0.2) is 0 Å². The van der Waals surface area contributed by atoms with E-state index in [1.54, 1.807) is 7.05 Å². The van der Waals surface area contributed by atoms with Crippen LogP contribution in [0.4, 0.5) is 0 Å². The molecule has 2 unspecified atom stereocenters. The van der Waals surface area contributed by atoms with E-state index in [4.69, 9.17) is 5.11 Å². The molecule has 2 heterocycles. The normalized spacial score (nSPS) is 31.8. The number of aliphatic hydroxyl groups excluding tert-OH is 1. The lowest BCUT2D eigenvalue weighted by Crippen LogP contribution is -2.39. The molecule has 0 aromatic rings. The molecule has 0 spiro atoms. The van der Waals surface area contributed by atoms with Crippen LogP contribution < -0.4 is 0 Å². The van der Waals surface area contributed by atoms with Gasteiger partial charge in [0.05, 0.1) is 12.5 Å². The van der Waals surface area contributed by atoms with E-state index in [-0.39, 0.29) is 24.5 Å². The first-order valence-corrected chi connectivity index (χ1v) is 5.78. The lowest BCUT2D eigenvalue weighted by atomic mass is 10.1. The molecule has 2 rings (SSSR count). The van der Waals surface area contributed by atoms with E-state index < -0.39 is 0 Å². The molecule has 0 aromatic heterocycles. The summed E-state index contributed by atoms with van der Waals surface area (Å²) in [4.78, 5) is 26.5. The summed E-state index contributed by atoms with van der Waals surface area (Å²) in [5.41, 5.74) is 0. The number of hydrogen-bond donors (Lipinski definition) is 1. The summed E-state index contributed by atoms with van der Waals surface area (Å²) in [6.07, 6.45) is 2.13. The number of likely N-dealkylation sites (N-methyl/N-ethyl adjacent to an activating group) is 1. The fourth-order valence-electron chi connectivity index (χ4n) is 2.59. The fourth-order valence-corrected chi connectivity index (χ4v) is 2.59. The van der Waals surface area contributed by atoms with Crippen molar-refractivity contribution in [3.05, 3.63) is 0 Å². The first-order valence-electron chi connectivity index (χ1n) is 5.78. The van der Waals surface area contributed by atoms with Gasteiger partial charge in [-0.3, -0.25) is 19.4 Å². The van der Waals surface area contributed by atoms with Gasteiger partial charge in [0.15, 0.2) is 0 Å². The maximum absolute atomic E-state index is 11.8. The number of amides is 2. The van der Waals surface area contributed by atoms with Gasteiger partial charge >= 0.3 is 0 Å². The highest BCUT2D eigenvalue weighted by atomic mass is 16.3. The minimum Gasteiger partial charge on any atom is -0.396 e. The van der Waals surface area contributed by atoms with Gasteiger partial charge in [-0.25, -0.2) is 0 Å². The van der Waals surface area contributed by atoms with Crippen molar-refractivity contribution in [3.8, 4) is 0 Å². The van der Waals surface area contributed by atoms with Crippen molar-refractivity contribution in [2.45, 2.75) is 25.3 Å². The molecule has 2 saturated heterocycles. The van der Waals surface area contributed by atoms with Crippen LogP contribution >= 0.6 is 0 Å². The molecule has 90 valence electrons. The molecule has 2 amide bonds. The predicted molar refractivity (Wildman–Crippen MR) is 57.6 cm³/mol. The number of rotatable bonds is 3. The Morgan fingerprint density at radius 2 is 2.19 bits per heavy atom. The number of hydrogen-bond acceptors (Lipinski definition) is 4. The molecule has 0 radical (unpaired) electrons. The van der Waals surface area contributed by atoms with Crippen molar-refractivity contribution in [2.75, 3.05) is 26.7 Å². The summed E-state index contributed by atoms with van der Waals surface area (Å²) >= 11 is 0. The van der Waals surface area contributed by atoms with Crippen LogP contribution in [0.5, 0.6) is 0 Å². The second kappa shape index (κ2) is 4.51. The number of aliphatic hydroxyl groups is 1. The summed E-state index contributed by atoms with van der Waals surface area (Å²) in [7, 11) is 1.55. The van der Waals surface area contributed by atoms with Crippen LogP contribution in [-0.4, -0.2) is 59.5 Å². The topological polar surface area (TPSA) is 60.9 Å². The summed E-state index contributed by atoms with van der Waals surface area (Å²) in [5.74, 6) is 0.314. The van der Waals surface area contributed by atoms with E-state index >= 15 is 0 Å². The quantitative estimate of drug-likeness (QED) is 0.656. The van der Waals surface area contributed by atoms with Crippen molar-refractivity contribution < 1.29 is 14.7 Å². The Morgan fingerprint density at radius 3 is 2.75 bits per heavy atom. The smallest absolute Gasteiger partial charge is 0.246 e. The Hall–Kier alpha value is -0.940. The number of likely N-dealkylation sites (tertiary alicyclic amines) is 2. The Labute approximate surface area is 95.0 Å². The first kappa shape index (κ1) is 11.5. The van der Waals surface area contributed by atoms with Gasteiger partial charge in [-0.2, -0.15) is 0 Å². The second-order valence-corrected chi connectivity index (χ2v) is 4.67. The van der Waals surface area contributed by atoms with Gasteiger partial charge in [-0.1, -0.05) is 0 Å². The standard InChI is InChI=1S/C11H18N2O3/c1-12-10(15)6-9(11(12)16)13-4-2-8(7-13)3-5-14/h8-9,14H,2-7H2,1H3. The predicted octanol–water partition coefficient (Wildman–Crippen LogP) is -0.552. The van der Waals surface area contributed by atoms with Crippen LogP contribution in [-0.2, 0) is 9.59 Å². The third-order valence-corrected chi connectivity index (χ3v) is 3.65. The highest BCUT2D eigenvalue weighted by molar-refractivity contribution is 6.05. The van der Waals surface area contributed by atoms with Crippen LogP contribution in [0.1, 0.15) is 19.3 Å². The Balaban J connectivity index is 1.95. The van der Waals surface area contributed by atoms with E-state index in [9.17, 15) is 9.59 Å². The van der Waals surface area contributed by atoms with Crippen molar-refractivity contribution in [1.82, 2.24) is 9.80 Å². The van der Waals surface area contributed by atoms with Crippen molar-refractivity contribution in [1.29, 1.82) is 0 Å². The highest BCUT2D eigenvalue weighted by Gasteiger charge is 2.41. The molecule has 0 aromatic carbocycles. The monoisotopic (exact) mass is 226 g/mol. The molecular weight excluding hydrogens is 208 g/mol. The van der Waals surface area contributed by atoms with Gasteiger partial charge in [0.25, 0.3) is 0 Å². The molecule has 2 atom stereocenters. The molecule has 0 aliphatic carbocycles. The molecule has 5 heteroatoms. The van der Waals surface area contributed by atoms with Gasteiger partial charge in [0.1, 0.15) is 0 Å². The molecule has 0 saturated carbocycles. The molecule has 1 N–H and O–H groups in total. The van der Waals surface area contributed by atoms with Crippen LogP contribution in [0.25, 0.3) is 0 Å².